The minimum absolute atomic E-state index is 0.0651. The van der Waals surface area contributed by atoms with Crippen molar-refractivity contribution in [1.29, 1.82) is 0 Å². The first-order valence-electron chi connectivity index (χ1n) is 13.2. The zero-order chi connectivity index (χ0) is 26.8. The van der Waals surface area contributed by atoms with E-state index in [0.717, 1.165) is 64.9 Å². The van der Waals surface area contributed by atoms with Crippen LogP contribution in [0.25, 0.3) is 0 Å². The Bertz CT molecular complexity index is 1030. The molecule has 198 valence electrons. The van der Waals surface area contributed by atoms with E-state index < -0.39 is 0 Å². The Hall–Kier alpha value is -3.02. The molecule has 1 fully saturated rings. The Morgan fingerprint density at radius 1 is 1.03 bits per heavy atom. The van der Waals surface area contributed by atoms with Crippen molar-refractivity contribution in [3.63, 3.8) is 0 Å². The summed E-state index contributed by atoms with van der Waals surface area (Å²) < 4.78 is 5.31. The van der Waals surface area contributed by atoms with E-state index >= 15 is 0 Å². The Morgan fingerprint density at radius 3 is 2.25 bits per heavy atom. The van der Waals surface area contributed by atoms with Gasteiger partial charge >= 0.3 is 0 Å². The fourth-order valence-corrected chi connectivity index (χ4v) is 5.04. The number of methoxy groups -OCH3 is 1. The van der Waals surface area contributed by atoms with Gasteiger partial charge in [0.15, 0.2) is 0 Å². The maximum atomic E-state index is 12.4. The minimum atomic E-state index is -0.0651. The van der Waals surface area contributed by atoms with Crippen LogP contribution >= 0.6 is 0 Å². The number of anilines is 3. The molecule has 3 rings (SSSR count). The van der Waals surface area contributed by atoms with Crippen LogP contribution < -0.4 is 21.1 Å². The van der Waals surface area contributed by atoms with Crippen molar-refractivity contribution in [2.24, 2.45) is 17.8 Å². The second kappa shape index (κ2) is 13.9. The first kappa shape index (κ1) is 29.2. The molecule has 1 aliphatic rings. The number of benzene rings is 2. The van der Waals surface area contributed by atoms with E-state index in [0.29, 0.717) is 5.69 Å². The summed E-state index contributed by atoms with van der Waals surface area (Å²) in [4.78, 5) is 23.4. The van der Waals surface area contributed by atoms with Crippen molar-refractivity contribution in [2.45, 2.75) is 80.1 Å². The molecular formula is C30H45N3O3. The number of carbonyl (C=O) groups is 2. The monoisotopic (exact) mass is 495 g/mol. The first-order chi connectivity index (χ1) is 17.1. The van der Waals surface area contributed by atoms with Gasteiger partial charge in [-0.05, 0) is 92.7 Å². The van der Waals surface area contributed by atoms with Gasteiger partial charge in [-0.3, -0.25) is 9.59 Å². The average Bonchev–Trinajstić information content (AvgIpc) is 2.84. The Balaban J connectivity index is 0.000000281. The van der Waals surface area contributed by atoms with Crippen molar-refractivity contribution >= 4 is 28.9 Å². The molecule has 6 heteroatoms. The molecule has 0 radical (unpaired) electrons. The first-order valence-corrected chi connectivity index (χ1v) is 13.2. The zero-order valence-corrected chi connectivity index (χ0v) is 23.2. The summed E-state index contributed by atoms with van der Waals surface area (Å²) in [6, 6.07) is 9.55. The minimum Gasteiger partial charge on any atom is -0.496 e. The van der Waals surface area contributed by atoms with Gasteiger partial charge in [0.05, 0.1) is 7.11 Å². The molecule has 0 heterocycles. The quantitative estimate of drug-likeness (QED) is 0.365. The molecule has 36 heavy (non-hydrogen) atoms. The average molecular weight is 496 g/mol. The highest BCUT2D eigenvalue weighted by molar-refractivity contribution is 5.93. The van der Waals surface area contributed by atoms with E-state index in [4.69, 9.17) is 10.5 Å². The molecule has 2 aromatic carbocycles. The molecule has 1 unspecified atom stereocenters. The van der Waals surface area contributed by atoms with Gasteiger partial charge in [-0.1, -0.05) is 33.3 Å². The summed E-state index contributed by atoms with van der Waals surface area (Å²) in [5.41, 5.74) is 11.4. The van der Waals surface area contributed by atoms with Gasteiger partial charge in [0.25, 0.3) is 0 Å². The van der Waals surface area contributed by atoms with Gasteiger partial charge in [0.2, 0.25) is 11.8 Å². The Kier molecular flexibility index (Phi) is 11.3. The SMILES string of the molecule is CCC(C)C1CCC(C(=O)Nc2ccc(C)c(OC)c2)CC1.CCc1c(C)cc(N)cc1NC(C)=O. The van der Waals surface area contributed by atoms with E-state index in [-0.39, 0.29) is 17.7 Å². The van der Waals surface area contributed by atoms with Crippen LogP contribution in [-0.2, 0) is 16.0 Å². The fourth-order valence-electron chi connectivity index (χ4n) is 5.04. The molecule has 0 bridgehead atoms. The number of hydrogen-bond donors (Lipinski definition) is 3. The number of nitrogens with one attached hydrogen (secondary N) is 2. The predicted molar refractivity (Wildman–Crippen MR) is 151 cm³/mol. The summed E-state index contributed by atoms with van der Waals surface area (Å²) in [6.07, 6.45) is 6.54. The van der Waals surface area contributed by atoms with Crippen LogP contribution in [-0.4, -0.2) is 18.9 Å². The molecular weight excluding hydrogens is 450 g/mol. The van der Waals surface area contributed by atoms with E-state index in [1.165, 1.54) is 26.2 Å². The van der Waals surface area contributed by atoms with Crippen molar-refractivity contribution < 1.29 is 14.3 Å². The van der Waals surface area contributed by atoms with E-state index in [2.05, 4.69) is 31.4 Å². The maximum absolute atomic E-state index is 12.4. The lowest BCUT2D eigenvalue weighted by Crippen LogP contribution is -2.28. The maximum Gasteiger partial charge on any atom is 0.227 e. The van der Waals surface area contributed by atoms with Gasteiger partial charge in [-0.15, -0.1) is 0 Å². The smallest absolute Gasteiger partial charge is 0.227 e. The standard InChI is InChI=1S/C19H29NO2.C11H16N2O/c1-5-13(2)15-7-9-16(10-8-15)19(21)20-17-11-6-14(3)18(12-17)22-4;1-4-10-7(2)5-9(12)6-11(10)13-8(3)14/h6,11-13,15-16H,5,7-10H2,1-4H3,(H,20,21);5-6H,4,12H2,1-3H3,(H,13,14). The van der Waals surface area contributed by atoms with E-state index in [1.54, 1.807) is 13.2 Å². The summed E-state index contributed by atoms with van der Waals surface area (Å²) in [6.45, 7) is 12.2. The van der Waals surface area contributed by atoms with Gasteiger partial charge in [-0.2, -0.15) is 0 Å². The number of aryl methyl sites for hydroxylation is 2. The largest absolute Gasteiger partial charge is 0.496 e. The third kappa shape index (κ3) is 8.28. The Labute approximate surface area is 217 Å². The fraction of sp³-hybridized carbons (Fsp3) is 0.533. The van der Waals surface area contributed by atoms with Crippen LogP contribution in [0.4, 0.5) is 17.1 Å². The number of carbonyl (C=O) groups excluding carboxylic acids is 2. The number of amides is 2. The van der Waals surface area contributed by atoms with Crippen molar-refractivity contribution in [3.8, 4) is 5.75 Å². The van der Waals surface area contributed by atoms with E-state index in [9.17, 15) is 9.59 Å². The number of rotatable bonds is 7. The summed E-state index contributed by atoms with van der Waals surface area (Å²) in [7, 11) is 1.66. The third-order valence-electron chi connectivity index (χ3n) is 7.43. The highest BCUT2D eigenvalue weighted by Crippen LogP contribution is 2.35. The zero-order valence-electron chi connectivity index (χ0n) is 23.2. The van der Waals surface area contributed by atoms with Crippen LogP contribution in [0.3, 0.4) is 0 Å². The number of nitrogen functional groups attached to an aromatic ring is 1. The van der Waals surface area contributed by atoms with Crippen LogP contribution in [0.1, 0.15) is 76.5 Å². The molecule has 0 aromatic heterocycles. The lowest BCUT2D eigenvalue weighted by atomic mass is 9.75. The Morgan fingerprint density at radius 2 is 1.69 bits per heavy atom. The van der Waals surface area contributed by atoms with Crippen LogP contribution in [0.2, 0.25) is 0 Å². The van der Waals surface area contributed by atoms with Gasteiger partial charge in [0.1, 0.15) is 5.75 Å². The lowest BCUT2D eigenvalue weighted by molar-refractivity contribution is -0.121. The van der Waals surface area contributed by atoms with E-state index in [1.807, 2.05) is 38.1 Å². The molecule has 1 aliphatic carbocycles. The number of ether oxygens (including phenoxy) is 1. The number of hydrogen-bond acceptors (Lipinski definition) is 4. The predicted octanol–water partition coefficient (Wildman–Crippen LogP) is 6.89. The summed E-state index contributed by atoms with van der Waals surface area (Å²) in [5.74, 6) is 2.66. The van der Waals surface area contributed by atoms with Crippen molar-refractivity contribution in [1.82, 2.24) is 0 Å². The molecule has 6 nitrogen and oxygen atoms in total. The van der Waals surface area contributed by atoms with Gasteiger partial charge < -0.3 is 21.1 Å². The highest BCUT2D eigenvalue weighted by Gasteiger charge is 2.28. The summed E-state index contributed by atoms with van der Waals surface area (Å²) in [5, 5.41) is 5.84. The van der Waals surface area contributed by atoms with Gasteiger partial charge in [-0.25, -0.2) is 0 Å². The topological polar surface area (TPSA) is 93.4 Å². The lowest BCUT2D eigenvalue weighted by Gasteiger charge is -2.31. The third-order valence-corrected chi connectivity index (χ3v) is 7.43. The van der Waals surface area contributed by atoms with Gasteiger partial charge in [0, 0.05) is 36.0 Å². The molecule has 0 aliphatic heterocycles. The molecule has 2 aromatic rings. The molecule has 0 saturated heterocycles. The summed E-state index contributed by atoms with van der Waals surface area (Å²) >= 11 is 0. The highest BCUT2D eigenvalue weighted by atomic mass is 16.5. The second-order valence-corrected chi connectivity index (χ2v) is 10.1. The molecule has 0 spiro atoms. The second-order valence-electron chi connectivity index (χ2n) is 10.1. The normalized spacial score (nSPS) is 17.9. The van der Waals surface area contributed by atoms with Crippen molar-refractivity contribution in [3.05, 3.63) is 47.0 Å². The molecule has 2 amide bonds. The molecule has 4 N–H and O–H groups in total. The molecule has 1 atom stereocenters. The van der Waals surface area contributed by atoms with Crippen LogP contribution in [0, 0.1) is 31.6 Å². The van der Waals surface area contributed by atoms with Crippen LogP contribution in [0.15, 0.2) is 30.3 Å². The van der Waals surface area contributed by atoms with Crippen molar-refractivity contribution in [2.75, 3.05) is 23.5 Å². The number of nitrogens with two attached hydrogens (primary N) is 1. The van der Waals surface area contributed by atoms with Crippen LogP contribution in [0.5, 0.6) is 5.75 Å². The molecule has 1 saturated carbocycles.